The molecule has 5 heteroatoms. The molecule has 0 N–H and O–H groups in total. The molecule has 1 aromatic heterocycles. The Hall–Kier alpha value is -0.680. The molecular formula is C10H15BrN2O2. The first-order chi connectivity index (χ1) is 7.34. The molecule has 0 aliphatic carbocycles. The van der Waals surface area contributed by atoms with E-state index in [4.69, 9.17) is 9.47 Å². The molecule has 0 amide bonds. The Balaban J connectivity index is 2.12. The fraction of sp³-hybridized carbons (Fsp3) is 0.600. The minimum absolute atomic E-state index is 0.513. The molecule has 0 saturated carbocycles. The summed E-state index contributed by atoms with van der Waals surface area (Å²) in [6.07, 6.45) is 5.35. The molecule has 0 aromatic carbocycles. The number of nitrogens with zero attached hydrogens (tertiary/aromatic N) is 2. The summed E-state index contributed by atoms with van der Waals surface area (Å²) in [6, 6.07) is 0. The highest BCUT2D eigenvalue weighted by atomic mass is 79.9. The van der Waals surface area contributed by atoms with Crippen LogP contribution in [0.15, 0.2) is 17.0 Å². The van der Waals surface area contributed by atoms with E-state index in [1.807, 2.05) is 0 Å². The van der Waals surface area contributed by atoms with E-state index < -0.39 is 0 Å². The second-order valence-electron chi connectivity index (χ2n) is 2.99. The van der Waals surface area contributed by atoms with Gasteiger partial charge in [-0.3, -0.25) is 0 Å². The van der Waals surface area contributed by atoms with Gasteiger partial charge in [0.05, 0.1) is 11.1 Å². The zero-order chi connectivity index (χ0) is 10.9. The lowest BCUT2D eigenvalue weighted by molar-refractivity contribution is 0.0962. The molecule has 0 radical (unpaired) electrons. The van der Waals surface area contributed by atoms with Crippen molar-refractivity contribution in [2.75, 3.05) is 19.8 Å². The number of unbranched alkanes of at least 4 members (excludes halogenated alkanes) is 1. The molecule has 0 fully saturated rings. The van der Waals surface area contributed by atoms with Gasteiger partial charge >= 0.3 is 0 Å². The minimum Gasteiger partial charge on any atom is -0.474 e. The molecule has 1 heterocycles. The summed E-state index contributed by atoms with van der Waals surface area (Å²) in [5, 5.41) is 0. The summed E-state index contributed by atoms with van der Waals surface area (Å²) < 4.78 is 11.5. The van der Waals surface area contributed by atoms with Crippen LogP contribution in [-0.2, 0) is 4.74 Å². The number of halogens is 1. The van der Waals surface area contributed by atoms with Crippen LogP contribution < -0.4 is 4.74 Å². The van der Waals surface area contributed by atoms with Gasteiger partial charge in [0.25, 0.3) is 0 Å². The van der Waals surface area contributed by atoms with E-state index in [0.717, 1.165) is 23.9 Å². The Bertz CT molecular complexity index is 284. The number of hydrogen-bond acceptors (Lipinski definition) is 4. The monoisotopic (exact) mass is 274 g/mol. The molecule has 1 aromatic rings. The lowest BCUT2D eigenvalue weighted by Crippen LogP contribution is -2.08. The van der Waals surface area contributed by atoms with Crippen LogP contribution in [0.2, 0.25) is 0 Å². The van der Waals surface area contributed by atoms with Gasteiger partial charge in [-0.15, -0.1) is 0 Å². The van der Waals surface area contributed by atoms with Crippen LogP contribution >= 0.6 is 15.9 Å². The highest BCUT2D eigenvalue weighted by molar-refractivity contribution is 9.10. The summed E-state index contributed by atoms with van der Waals surface area (Å²) in [6.45, 7) is 4.04. The van der Waals surface area contributed by atoms with E-state index in [9.17, 15) is 0 Å². The molecule has 0 unspecified atom stereocenters. The first kappa shape index (κ1) is 12.4. The van der Waals surface area contributed by atoms with E-state index in [2.05, 4.69) is 32.8 Å². The van der Waals surface area contributed by atoms with Gasteiger partial charge in [-0.25, -0.2) is 9.97 Å². The third-order valence-corrected chi connectivity index (χ3v) is 2.29. The first-order valence-corrected chi connectivity index (χ1v) is 5.80. The van der Waals surface area contributed by atoms with Gasteiger partial charge in [-0.1, -0.05) is 13.3 Å². The minimum atomic E-state index is 0.513. The lowest BCUT2D eigenvalue weighted by Gasteiger charge is -2.06. The van der Waals surface area contributed by atoms with Crippen molar-refractivity contribution in [3.05, 3.63) is 17.0 Å². The van der Waals surface area contributed by atoms with Gasteiger partial charge in [0.2, 0.25) is 5.88 Å². The number of rotatable bonds is 7. The second kappa shape index (κ2) is 7.59. The quantitative estimate of drug-likeness (QED) is 0.717. The predicted octanol–water partition coefficient (Wildman–Crippen LogP) is 2.43. The topological polar surface area (TPSA) is 44.2 Å². The zero-order valence-corrected chi connectivity index (χ0v) is 10.4. The van der Waals surface area contributed by atoms with Gasteiger partial charge in [0.15, 0.2) is 0 Å². The second-order valence-corrected chi connectivity index (χ2v) is 3.84. The smallest absolute Gasteiger partial charge is 0.231 e. The Labute approximate surface area is 98.2 Å². The maximum Gasteiger partial charge on any atom is 0.231 e. The van der Waals surface area contributed by atoms with Gasteiger partial charge in [0.1, 0.15) is 12.9 Å². The SMILES string of the molecule is CCCCOCCOc1ncncc1Br. The molecule has 0 atom stereocenters. The number of aromatic nitrogens is 2. The maximum absolute atomic E-state index is 5.39. The van der Waals surface area contributed by atoms with Crippen molar-refractivity contribution >= 4 is 15.9 Å². The van der Waals surface area contributed by atoms with Crippen LogP contribution in [0, 0.1) is 0 Å². The van der Waals surface area contributed by atoms with Gasteiger partial charge in [0, 0.05) is 12.8 Å². The van der Waals surface area contributed by atoms with Crippen LogP contribution in [0.25, 0.3) is 0 Å². The summed E-state index contributed by atoms with van der Waals surface area (Å²) in [4.78, 5) is 7.82. The van der Waals surface area contributed by atoms with Crippen LogP contribution in [-0.4, -0.2) is 29.8 Å². The van der Waals surface area contributed by atoms with E-state index in [1.165, 1.54) is 6.33 Å². The fourth-order valence-corrected chi connectivity index (χ4v) is 1.29. The van der Waals surface area contributed by atoms with E-state index >= 15 is 0 Å². The molecular weight excluding hydrogens is 260 g/mol. The van der Waals surface area contributed by atoms with Crippen LogP contribution in [0.3, 0.4) is 0 Å². The van der Waals surface area contributed by atoms with Crippen molar-refractivity contribution in [2.24, 2.45) is 0 Å². The summed E-state index contributed by atoms with van der Waals surface area (Å²) in [5.74, 6) is 0.559. The van der Waals surface area contributed by atoms with Crippen molar-refractivity contribution in [3.8, 4) is 5.88 Å². The zero-order valence-electron chi connectivity index (χ0n) is 8.78. The predicted molar refractivity (Wildman–Crippen MR) is 61.0 cm³/mol. The molecule has 0 aliphatic heterocycles. The third-order valence-electron chi connectivity index (χ3n) is 1.74. The molecule has 84 valence electrons. The Morgan fingerprint density at radius 3 is 2.93 bits per heavy atom. The molecule has 15 heavy (non-hydrogen) atoms. The lowest BCUT2D eigenvalue weighted by atomic mass is 10.4. The molecule has 0 saturated heterocycles. The molecule has 0 bridgehead atoms. The maximum atomic E-state index is 5.39. The van der Waals surface area contributed by atoms with Crippen molar-refractivity contribution < 1.29 is 9.47 Å². The van der Waals surface area contributed by atoms with Gasteiger partial charge in [-0.2, -0.15) is 0 Å². The largest absolute Gasteiger partial charge is 0.474 e. The van der Waals surface area contributed by atoms with Gasteiger partial charge < -0.3 is 9.47 Å². The average molecular weight is 275 g/mol. The highest BCUT2D eigenvalue weighted by Crippen LogP contribution is 2.19. The van der Waals surface area contributed by atoms with E-state index in [-0.39, 0.29) is 0 Å². The molecule has 4 nitrogen and oxygen atoms in total. The van der Waals surface area contributed by atoms with Crippen LogP contribution in [0.1, 0.15) is 19.8 Å². The molecule has 1 rings (SSSR count). The summed E-state index contributed by atoms with van der Waals surface area (Å²) >= 11 is 3.30. The normalized spacial score (nSPS) is 10.3. The van der Waals surface area contributed by atoms with E-state index in [0.29, 0.717) is 19.1 Å². The number of ether oxygens (including phenoxy) is 2. The number of hydrogen-bond donors (Lipinski definition) is 0. The fourth-order valence-electron chi connectivity index (χ4n) is 0.953. The van der Waals surface area contributed by atoms with Crippen molar-refractivity contribution in [2.45, 2.75) is 19.8 Å². The van der Waals surface area contributed by atoms with Crippen molar-refractivity contribution in [1.29, 1.82) is 0 Å². The van der Waals surface area contributed by atoms with Crippen molar-refractivity contribution in [3.63, 3.8) is 0 Å². The van der Waals surface area contributed by atoms with Gasteiger partial charge in [-0.05, 0) is 22.4 Å². The standard InChI is InChI=1S/C10H15BrN2O2/c1-2-3-4-14-5-6-15-10-9(11)7-12-8-13-10/h7-8H,2-6H2,1H3. The average Bonchev–Trinajstić information content (AvgIpc) is 2.25. The van der Waals surface area contributed by atoms with Crippen LogP contribution in [0.5, 0.6) is 5.88 Å². The van der Waals surface area contributed by atoms with Crippen molar-refractivity contribution in [1.82, 2.24) is 9.97 Å². The first-order valence-electron chi connectivity index (χ1n) is 5.00. The highest BCUT2D eigenvalue weighted by Gasteiger charge is 2.00. The third kappa shape index (κ3) is 5.09. The Kier molecular flexibility index (Phi) is 6.27. The molecule has 0 spiro atoms. The summed E-state index contributed by atoms with van der Waals surface area (Å²) in [5.41, 5.74) is 0. The van der Waals surface area contributed by atoms with E-state index in [1.54, 1.807) is 6.20 Å². The Morgan fingerprint density at radius 2 is 2.20 bits per heavy atom. The molecule has 0 aliphatic rings. The Morgan fingerprint density at radius 1 is 1.33 bits per heavy atom. The van der Waals surface area contributed by atoms with Crippen LogP contribution in [0.4, 0.5) is 0 Å². The summed E-state index contributed by atoms with van der Waals surface area (Å²) in [7, 11) is 0.